The van der Waals surface area contributed by atoms with Gasteiger partial charge in [0, 0.05) is 23.6 Å². The maximum atomic E-state index is 12.5. The van der Waals surface area contributed by atoms with Crippen molar-refractivity contribution < 1.29 is 23.8 Å². The van der Waals surface area contributed by atoms with E-state index in [0.29, 0.717) is 33.8 Å². The molecule has 0 spiro atoms. The third kappa shape index (κ3) is 3.09. The molecule has 0 saturated heterocycles. The fourth-order valence-electron chi connectivity index (χ4n) is 3.25. The maximum Gasteiger partial charge on any atom is 0.343 e. The number of cyclic esters (lactones) is 1. The topological polar surface area (TPSA) is 99.6 Å². The first kappa shape index (κ1) is 17.7. The van der Waals surface area contributed by atoms with Gasteiger partial charge in [0.1, 0.15) is 11.7 Å². The van der Waals surface area contributed by atoms with Crippen LogP contribution >= 0.6 is 0 Å². The van der Waals surface area contributed by atoms with Gasteiger partial charge < -0.3 is 19.5 Å². The minimum Gasteiger partial charge on any atom is -0.493 e. The van der Waals surface area contributed by atoms with E-state index in [1.807, 2.05) is 0 Å². The first-order valence-corrected chi connectivity index (χ1v) is 8.57. The quantitative estimate of drug-likeness (QED) is 0.681. The molecule has 4 rings (SSSR count). The number of nitrogens with zero attached hydrogens (tertiary/aromatic N) is 2. The summed E-state index contributed by atoms with van der Waals surface area (Å²) in [5, 5.41) is 2.80. The Labute approximate surface area is 160 Å². The number of anilines is 1. The van der Waals surface area contributed by atoms with Gasteiger partial charge in [-0.1, -0.05) is 6.07 Å². The van der Waals surface area contributed by atoms with E-state index >= 15 is 0 Å². The van der Waals surface area contributed by atoms with Crippen molar-refractivity contribution in [1.29, 1.82) is 0 Å². The molecule has 1 N–H and O–H groups in total. The Morgan fingerprint density at radius 3 is 2.64 bits per heavy atom. The molecule has 0 bridgehead atoms. The molecule has 2 aromatic carbocycles. The largest absolute Gasteiger partial charge is 0.493 e. The first-order chi connectivity index (χ1) is 13.6. The molecule has 8 nitrogen and oxygen atoms in total. The fourth-order valence-corrected chi connectivity index (χ4v) is 3.25. The number of ether oxygens (including phenoxy) is 3. The summed E-state index contributed by atoms with van der Waals surface area (Å²) >= 11 is 0. The minimum atomic E-state index is -0.692. The molecule has 28 heavy (non-hydrogen) atoms. The van der Waals surface area contributed by atoms with Gasteiger partial charge in [0.25, 0.3) is 0 Å². The molecule has 1 aliphatic rings. The number of aromatic nitrogens is 2. The average molecular weight is 379 g/mol. The summed E-state index contributed by atoms with van der Waals surface area (Å²) in [6.45, 7) is 0. The number of esters is 1. The molecule has 1 atom stereocenters. The van der Waals surface area contributed by atoms with Crippen LogP contribution in [-0.2, 0) is 9.53 Å². The van der Waals surface area contributed by atoms with Crippen LogP contribution in [0, 0.1) is 0 Å². The predicted octanol–water partition coefficient (Wildman–Crippen LogP) is 2.89. The lowest BCUT2D eigenvalue weighted by atomic mass is 10.0. The highest BCUT2D eigenvalue weighted by Crippen LogP contribution is 2.43. The zero-order valence-corrected chi connectivity index (χ0v) is 15.3. The lowest BCUT2D eigenvalue weighted by Crippen LogP contribution is -2.15. The number of methoxy groups -OCH3 is 2. The Kier molecular flexibility index (Phi) is 4.52. The van der Waals surface area contributed by atoms with Gasteiger partial charge in [-0.15, -0.1) is 0 Å². The van der Waals surface area contributed by atoms with Crippen molar-refractivity contribution in [2.75, 3.05) is 19.5 Å². The number of hydrogen-bond donors (Lipinski definition) is 1. The van der Waals surface area contributed by atoms with Crippen molar-refractivity contribution in [3.05, 3.63) is 53.9 Å². The number of amides is 1. The number of fused-ring (bicyclic) bond motifs is 2. The van der Waals surface area contributed by atoms with E-state index in [9.17, 15) is 9.59 Å². The normalized spacial score (nSPS) is 15.1. The fraction of sp³-hybridized carbons (Fsp3) is 0.200. The molecule has 0 radical (unpaired) electrons. The molecule has 0 fully saturated rings. The number of benzene rings is 2. The maximum absolute atomic E-state index is 12.5. The molecule has 3 aromatic rings. The Balaban J connectivity index is 1.54. The third-order valence-corrected chi connectivity index (χ3v) is 4.50. The second kappa shape index (κ2) is 7.15. The molecule has 2 heterocycles. The van der Waals surface area contributed by atoms with E-state index in [2.05, 4.69) is 15.3 Å². The van der Waals surface area contributed by atoms with Gasteiger partial charge in [0.2, 0.25) is 5.91 Å². The highest BCUT2D eigenvalue weighted by molar-refractivity contribution is 5.99. The Morgan fingerprint density at radius 1 is 1.11 bits per heavy atom. The third-order valence-electron chi connectivity index (χ3n) is 4.50. The van der Waals surface area contributed by atoms with Crippen LogP contribution in [0.25, 0.3) is 11.0 Å². The van der Waals surface area contributed by atoms with E-state index in [1.165, 1.54) is 14.2 Å². The van der Waals surface area contributed by atoms with E-state index in [1.54, 1.807) is 42.7 Å². The first-order valence-electron chi connectivity index (χ1n) is 8.57. The van der Waals surface area contributed by atoms with Crippen molar-refractivity contribution in [1.82, 2.24) is 9.97 Å². The molecule has 1 aliphatic heterocycles. The van der Waals surface area contributed by atoms with Crippen LogP contribution < -0.4 is 14.8 Å². The highest BCUT2D eigenvalue weighted by Gasteiger charge is 2.36. The molecular weight excluding hydrogens is 362 g/mol. The average Bonchev–Trinajstić information content (AvgIpc) is 3.02. The highest BCUT2D eigenvalue weighted by atomic mass is 16.6. The second-order valence-corrected chi connectivity index (χ2v) is 6.17. The van der Waals surface area contributed by atoms with Crippen LogP contribution in [0.3, 0.4) is 0 Å². The number of nitrogens with one attached hydrogen (secondary N) is 1. The molecular formula is C20H17N3O5. The molecule has 1 unspecified atom stereocenters. The summed E-state index contributed by atoms with van der Waals surface area (Å²) in [6.07, 6.45) is 2.48. The molecule has 0 aliphatic carbocycles. The summed E-state index contributed by atoms with van der Waals surface area (Å²) in [6, 6.07) is 8.66. The van der Waals surface area contributed by atoms with Crippen LogP contribution in [0.15, 0.2) is 42.7 Å². The summed E-state index contributed by atoms with van der Waals surface area (Å²) in [4.78, 5) is 33.2. The van der Waals surface area contributed by atoms with Crippen molar-refractivity contribution in [3.8, 4) is 11.5 Å². The van der Waals surface area contributed by atoms with E-state index in [-0.39, 0.29) is 12.3 Å². The van der Waals surface area contributed by atoms with E-state index < -0.39 is 12.1 Å². The van der Waals surface area contributed by atoms with E-state index in [4.69, 9.17) is 14.2 Å². The van der Waals surface area contributed by atoms with Gasteiger partial charge >= 0.3 is 5.97 Å². The van der Waals surface area contributed by atoms with Crippen LogP contribution in [0.4, 0.5) is 5.69 Å². The number of carbonyl (C=O) groups is 2. The van der Waals surface area contributed by atoms with Gasteiger partial charge in [0.15, 0.2) is 11.5 Å². The summed E-state index contributed by atoms with van der Waals surface area (Å²) in [5.41, 5.74) is 2.90. The van der Waals surface area contributed by atoms with Crippen LogP contribution in [0.1, 0.15) is 28.4 Å². The smallest absolute Gasteiger partial charge is 0.343 e. The van der Waals surface area contributed by atoms with Crippen LogP contribution in [0.2, 0.25) is 0 Å². The SMILES string of the molecule is COc1ccc2c(c1OC)C(=O)OC2CC(=O)Nc1ccc2nccnc2c1. The summed E-state index contributed by atoms with van der Waals surface area (Å²) in [7, 11) is 2.94. The Bertz CT molecular complexity index is 1080. The van der Waals surface area contributed by atoms with E-state index in [0.717, 1.165) is 5.52 Å². The molecule has 0 saturated carbocycles. The molecule has 142 valence electrons. The molecule has 1 aromatic heterocycles. The standard InChI is InChI=1S/C20H17N3O5/c1-26-15-6-4-12-16(28-20(25)18(12)19(15)27-2)10-17(24)23-11-3-5-13-14(9-11)22-8-7-21-13/h3-9,16H,10H2,1-2H3,(H,23,24). The van der Waals surface area contributed by atoms with Gasteiger partial charge in [-0.05, 0) is 24.3 Å². The van der Waals surface area contributed by atoms with Crippen molar-refractivity contribution in [2.24, 2.45) is 0 Å². The number of rotatable bonds is 5. The summed E-state index contributed by atoms with van der Waals surface area (Å²) < 4.78 is 15.9. The van der Waals surface area contributed by atoms with Crippen molar-refractivity contribution >= 4 is 28.6 Å². The lowest BCUT2D eigenvalue weighted by Gasteiger charge is -2.12. The second-order valence-electron chi connectivity index (χ2n) is 6.17. The van der Waals surface area contributed by atoms with Gasteiger partial charge in [-0.3, -0.25) is 14.8 Å². The predicted molar refractivity (Wildman–Crippen MR) is 100 cm³/mol. The zero-order valence-electron chi connectivity index (χ0n) is 15.3. The van der Waals surface area contributed by atoms with Crippen LogP contribution in [0.5, 0.6) is 11.5 Å². The number of hydrogen-bond acceptors (Lipinski definition) is 7. The molecule has 8 heteroatoms. The van der Waals surface area contributed by atoms with Crippen molar-refractivity contribution in [2.45, 2.75) is 12.5 Å². The van der Waals surface area contributed by atoms with Crippen LogP contribution in [-0.4, -0.2) is 36.1 Å². The van der Waals surface area contributed by atoms with Gasteiger partial charge in [0.05, 0.1) is 31.7 Å². The minimum absolute atomic E-state index is 0.0211. The van der Waals surface area contributed by atoms with Gasteiger partial charge in [-0.2, -0.15) is 0 Å². The van der Waals surface area contributed by atoms with Crippen molar-refractivity contribution in [3.63, 3.8) is 0 Å². The zero-order chi connectivity index (χ0) is 19.7. The summed E-state index contributed by atoms with van der Waals surface area (Å²) in [5.74, 6) is -0.0882. The Morgan fingerprint density at radius 2 is 1.89 bits per heavy atom. The number of carbonyl (C=O) groups excluding carboxylic acids is 2. The monoisotopic (exact) mass is 379 g/mol. The van der Waals surface area contributed by atoms with Gasteiger partial charge in [-0.25, -0.2) is 4.79 Å². The molecule has 1 amide bonds. The Hall–Kier alpha value is -3.68. The lowest BCUT2D eigenvalue weighted by molar-refractivity contribution is -0.118.